The van der Waals surface area contributed by atoms with E-state index in [9.17, 15) is 9.59 Å². The summed E-state index contributed by atoms with van der Waals surface area (Å²) in [7, 11) is 0. The Hall–Kier alpha value is -3.21. The second-order valence-electron chi connectivity index (χ2n) is 9.21. The van der Waals surface area contributed by atoms with Gasteiger partial charge in [-0.25, -0.2) is 4.98 Å². The van der Waals surface area contributed by atoms with Crippen molar-refractivity contribution in [2.24, 2.45) is 5.10 Å². The zero-order chi connectivity index (χ0) is 29.5. The molecule has 8 nitrogen and oxygen atoms in total. The fourth-order valence-electron chi connectivity index (χ4n) is 4.00. The number of nitrogens with one attached hydrogen (secondary N) is 1. The van der Waals surface area contributed by atoms with Crippen LogP contribution in [0.25, 0.3) is 10.9 Å². The molecular formula is C30H29Br2ClN4O4. The standard InChI is InChI=1S/C30H29Br2ClN4O4/c1-4-6-7-25-36-23-13-10-20(31)15-22(23)30(39)37(25)34-16-19-14-24(40-5-2)29(28(33)27(19)32)41-17-26(38)35-21-11-8-18(3)9-12-21/h8-16H,4-7,17H2,1-3H3,(H,35,38). The molecule has 0 aliphatic heterocycles. The van der Waals surface area contributed by atoms with Gasteiger partial charge in [0.05, 0.1) is 23.7 Å². The van der Waals surface area contributed by atoms with Crippen LogP contribution in [-0.4, -0.2) is 35.0 Å². The van der Waals surface area contributed by atoms with Gasteiger partial charge in [-0.05, 0) is 72.6 Å². The fourth-order valence-corrected chi connectivity index (χ4v) is 5.01. The predicted octanol–water partition coefficient (Wildman–Crippen LogP) is 7.52. The van der Waals surface area contributed by atoms with Crippen LogP contribution in [0.5, 0.6) is 11.5 Å². The number of hydrogen-bond acceptors (Lipinski definition) is 6. The number of benzene rings is 3. The molecule has 1 aromatic heterocycles. The summed E-state index contributed by atoms with van der Waals surface area (Å²) < 4.78 is 14.2. The summed E-state index contributed by atoms with van der Waals surface area (Å²) in [6.07, 6.45) is 3.92. The van der Waals surface area contributed by atoms with E-state index < -0.39 is 0 Å². The summed E-state index contributed by atoms with van der Waals surface area (Å²) in [5.74, 6) is 0.775. The Kier molecular flexibility index (Phi) is 10.6. The van der Waals surface area contributed by atoms with Crippen LogP contribution in [0, 0.1) is 6.92 Å². The molecule has 0 radical (unpaired) electrons. The van der Waals surface area contributed by atoms with Gasteiger partial charge in [-0.1, -0.05) is 58.6 Å². The van der Waals surface area contributed by atoms with Crippen molar-refractivity contribution in [3.63, 3.8) is 0 Å². The molecule has 0 bridgehead atoms. The zero-order valence-corrected chi connectivity index (χ0v) is 26.8. The number of amides is 1. The first kappa shape index (κ1) is 30.7. The van der Waals surface area contributed by atoms with Gasteiger partial charge in [-0.2, -0.15) is 9.78 Å². The minimum Gasteiger partial charge on any atom is -0.490 e. The van der Waals surface area contributed by atoms with E-state index in [1.54, 1.807) is 12.1 Å². The third-order valence-corrected chi connectivity index (χ3v) is 8.02. The lowest BCUT2D eigenvalue weighted by atomic mass is 10.2. The molecule has 0 fully saturated rings. The largest absolute Gasteiger partial charge is 0.490 e. The number of fused-ring (bicyclic) bond motifs is 1. The summed E-state index contributed by atoms with van der Waals surface area (Å²) in [6.45, 7) is 5.94. The Labute approximate surface area is 260 Å². The Balaban J connectivity index is 1.65. The number of unbranched alkanes of at least 4 members (excludes halogenated alkanes) is 1. The van der Waals surface area contributed by atoms with Crippen LogP contribution in [0.4, 0.5) is 5.69 Å². The molecule has 41 heavy (non-hydrogen) atoms. The molecule has 3 aromatic carbocycles. The van der Waals surface area contributed by atoms with Crippen molar-refractivity contribution in [3.8, 4) is 11.5 Å². The van der Waals surface area contributed by atoms with Gasteiger partial charge in [-0.15, -0.1) is 0 Å². The van der Waals surface area contributed by atoms with Crippen molar-refractivity contribution < 1.29 is 14.3 Å². The highest BCUT2D eigenvalue weighted by Crippen LogP contribution is 2.42. The van der Waals surface area contributed by atoms with Crippen molar-refractivity contribution >= 4 is 72.2 Å². The molecule has 0 aliphatic rings. The molecular weight excluding hydrogens is 676 g/mol. The quantitative estimate of drug-likeness (QED) is 0.163. The maximum Gasteiger partial charge on any atom is 0.282 e. The van der Waals surface area contributed by atoms with Gasteiger partial charge >= 0.3 is 0 Å². The number of rotatable bonds is 11. The molecule has 0 aliphatic carbocycles. The normalized spacial score (nSPS) is 11.3. The zero-order valence-electron chi connectivity index (χ0n) is 22.8. The second-order valence-corrected chi connectivity index (χ2v) is 11.3. The van der Waals surface area contributed by atoms with Crippen LogP contribution in [0.1, 0.15) is 43.6 Å². The minimum absolute atomic E-state index is 0.208. The van der Waals surface area contributed by atoms with Gasteiger partial charge in [-0.3, -0.25) is 9.59 Å². The van der Waals surface area contributed by atoms with Crippen molar-refractivity contribution in [2.75, 3.05) is 18.5 Å². The lowest BCUT2D eigenvalue weighted by Gasteiger charge is -2.16. The van der Waals surface area contributed by atoms with Crippen molar-refractivity contribution in [1.82, 2.24) is 9.66 Å². The average Bonchev–Trinajstić information content (AvgIpc) is 2.95. The van der Waals surface area contributed by atoms with Gasteiger partial charge in [0, 0.05) is 26.6 Å². The van der Waals surface area contributed by atoms with Gasteiger partial charge in [0.1, 0.15) is 10.8 Å². The lowest BCUT2D eigenvalue weighted by Crippen LogP contribution is -2.22. The molecule has 0 atom stereocenters. The highest BCUT2D eigenvalue weighted by Gasteiger charge is 2.19. The molecule has 214 valence electrons. The fraction of sp³-hybridized carbons (Fsp3) is 0.267. The monoisotopic (exact) mass is 702 g/mol. The summed E-state index contributed by atoms with van der Waals surface area (Å²) in [6, 6.07) is 14.6. The number of anilines is 1. The first-order valence-electron chi connectivity index (χ1n) is 13.1. The lowest BCUT2D eigenvalue weighted by molar-refractivity contribution is -0.118. The van der Waals surface area contributed by atoms with Gasteiger partial charge in [0.25, 0.3) is 11.5 Å². The Morgan fingerprint density at radius 3 is 2.59 bits per heavy atom. The number of aromatic nitrogens is 2. The van der Waals surface area contributed by atoms with Crippen molar-refractivity contribution in [1.29, 1.82) is 0 Å². The molecule has 4 rings (SSSR count). The van der Waals surface area contributed by atoms with E-state index in [2.05, 4.69) is 49.2 Å². The molecule has 4 aromatic rings. The maximum absolute atomic E-state index is 13.4. The number of halogens is 3. The number of carbonyl (C=O) groups excluding carboxylic acids is 1. The highest BCUT2D eigenvalue weighted by atomic mass is 79.9. The smallest absolute Gasteiger partial charge is 0.282 e. The molecule has 0 saturated heterocycles. The van der Waals surface area contributed by atoms with Crippen LogP contribution in [0.3, 0.4) is 0 Å². The SMILES string of the molecule is CCCCc1nc2ccc(Br)cc2c(=O)n1N=Cc1cc(OCC)c(OCC(=O)Nc2ccc(C)cc2)c(Cl)c1Br. The summed E-state index contributed by atoms with van der Waals surface area (Å²) in [4.78, 5) is 30.7. The molecule has 0 spiro atoms. The van der Waals surface area contributed by atoms with Crippen LogP contribution in [0.15, 0.2) is 67.4 Å². The molecule has 1 N–H and O–H groups in total. The summed E-state index contributed by atoms with van der Waals surface area (Å²) >= 11 is 13.6. The number of hydrogen-bond donors (Lipinski definition) is 1. The van der Waals surface area contributed by atoms with Crippen LogP contribution in [-0.2, 0) is 11.2 Å². The topological polar surface area (TPSA) is 94.8 Å². The second kappa shape index (κ2) is 14.1. The molecule has 0 saturated carbocycles. The van der Waals surface area contributed by atoms with E-state index in [4.69, 9.17) is 26.1 Å². The van der Waals surface area contributed by atoms with E-state index in [0.29, 0.717) is 51.2 Å². The van der Waals surface area contributed by atoms with Gasteiger partial charge in [0.15, 0.2) is 18.1 Å². The molecule has 1 amide bonds. The van der Waals surface area contributed by atoms with Crippen LogP contribution < -0.4 is 20.3 Å². The predicted molar refractivity (Wildman–Crippen MR) is 171 cm³/mol. The molecule has 0 unspecified atom stereocenters. The summed E-state index contributed by atoms with van der Waals surface area (Å²) in [5.41, 5.74) is 2.65. The van der Waals surface area contributed by atoms with E-state index in [-0.39, 0.29) is 28.8 Å². The van der Waals surface area contributed by atoms with Crippen molar-refractivity contribution in [2.45, 2.75) is 40.0 Å². The van der Waals surface area contributed by atoms with Crippen LogP contribution in [0.2, 0.25) is 5.02 Å². The maximum atomic E-state index is 13.4. The van der Waals surface area contributed by atoms with Crippen molar-refractivity contribution in [3.05, 3.63) is 89.8 Å². The van der Waals surface area contributed by atoms with Gasteiger partial charge in [0.2, 0.25) is 0 Å². The van der Waals surface area contributed by atoms with E-state index in [1.807, 2.05) is 50.2 Å². The minimum atomic E-state index is -0.344. The number of ether oxygens (including phenoxy) is 2. The van der Waals surface area contributed by atoms with Crippen LogP contribution >= 0.6 is 43.5 Å². The third-order valence-electron chi connectivity index (χ3n) is 6.08. The van der Waals surface area contributed by atoms with E-state index in [0.717, 1.165) is 22.9 Å². The first-order valence-corrected chi connectivity index (χ1v) is 15.1. The number of carbonyl (C=O) groups is 1. The third kappa shape index (κ3) is 7.55. The number of nitrogens with zero attached hydrogens (tertiary/aromatic N) is 3. The Morgan fingerprint density at radius 1 is 1.12 bits per heavy atom. The average molecular weight is 705 g/mol. The highest BCUT2D eigenvalue weighted by molar-refractivity contribution is 9.10. The first-order chi connectivity index (χ1) is 19.7. The molecule has 11 heteroatoms. The van der Waals surface area contributed by atoms with Gasteiger partial charge < -0.3 is 14.8 Å². The van der Waals surface area contributed by atoms with E-state index in [1.165, 1.54) is 10.9 Å². The molecule has 1 heterocycles. The number of aryl methyl sites for hydroxylation is 2. The van der Waals surface area contributed by atoms with E-state index >= 15 is 0 Å². The Bertz CT molecular complexity index is 1660. The summed E-state index contributed by atoms with van der Waals surface area (Å²) in [5, 5.41) is 7.98. The Morgan fingerprint density at radius 2 is 1.88 bits per heavy atom.